The van der Waals surface area contributed by atoms with Crippen molar-refractivity contribution in [2.75, 3.05) is 24.8 Å². The van der Waals surface area contributed by atoms with Crippen molar-refractivity contribution in [3.63, 3.8) is 0 Å². The number of carbonyl (C=O) groups is 1. The molecule has 0 bridgehead atoms. The van der Waals surface area contributed by atoms with Crippen LogP contribution in [0.15, 0.2) is 0 Å². The van der Waals surface area contributed by atoms with Crippen molar-refractivity contribution in [1.29, 1.82) is 0 Å². The molecule has 0 aliphatic heterocycles. The van der Waals surface area contributed by atoms with Gasteiger partial charge in [-0.2, -0.15) is 11.8 Å². The van der Waals surface area contributed by atoms with Crippen LogP contribution < -0.4 is 5.32 Å². The van der Waals surface area contributed by atoms with Crippen LogP contribution in [-0.4, -0.2) is 42.0 Å². The maximum Gasteiger partial charge on any atom is 0.221 e. The number of ether oxygens (including phenoxy) is 1. The van der Waals surface area contributed by atoms with Crippen molar-refractivity contribution in [2.45, 2.75) is 180 Å². The summed E-state index contributed by atoms with van der Waals surface area (Å²) in [6.45, 7) is 4.77. The van der Waals surface area contributed by atoms with E-state index >= 15 is 0 Å². The predicted octanol–water partition coefficient (Wildman–Crippen LogP) is 9.96. The summed E-state index contributed by atoms with van der Waals surface area (Å²) in [4.78, 5) is 12.0. The molecule has 1 amide bonds. The number of carbonyl (C=O) groups excluding carboxylic acids is 1. The number of nitrogens with one attached hydrogen (secondary N) is 1. The van der Waals surface area contributed by atoms with Gasteiger partial charge in [-0.25, -0.2) is 0 Å². The van der Waals surface area contributed by atoms with Crippen LogP contribution in [0.2, 0.25) is 0 Å². The Balaban J connectivity index is 3.38. The van der Waals surface area contributed by atoms with E-state index in [-0.39, 0.29) is 25.3 Å². The molecular weight excluding hydrogens is 490 g/mol. The molecule has 4 nitrogen and oxygen atoms in total. The number of thioether (sulfide) groups is 1. The topological polar surface area (TPSA) is 58.6 Å². The lowest BCUT2D eigenvalue weighted by Crippen LogP contribution is -2.31. The standard InChI is InChI=1S/C33H67NO3S/c1-3-5-7-9-11-13-15-16-17-18-20-22-24-26-28-38-30-32(29-35)37-31-34-33(36)27-25-23-21-19-14-12-10-8-6-4-2/h32,35H,3-31H2,1-2H3,(H,34,36). The van der Waals surface area contributed by atoms with E-state index in [0.29, 0.717) is 6.42 Å². The largest absolute Gasteiger partial charge is 0.394 e. The van der Waals surface area contributed by atoms with Crippen molar-refractivity contribution in [2.24, 2.45) is 0 Å². The van der Waals surface area contributed by atoms with Crippen molar-refractivity contribution >= 4 is 17.7 Å². The molecule has 38 heavy (non-hydrogen) atoms. The highest BCUT2D eigenvalue weighted by Gasteiger charge is 2.09. The van der Waals surface area contributed by atoms with Gasteiger partial charge in [0.25, 0.3) is 0 Å². The number of hydrogen-bond donors (Lipinski definition) is 2. The number of aliphatic hydroxyl groups excluding tert-OH is 1. The Labute approximate surface area is 242 Å². The summed E-state index contributed by atoms with van der Waals surface area (Å²) >= 11 is 1.86. The van der Waals surface area contributed by atoms with Crippen molar-refractivity contribution in [3.05, 3.63) is 0 Å². The van der Waals surface area contributed by atoms with E-state index in [1.165, 1.54) is 141 Å². The number of unbranched alkanes of at least 4 members (excludes halogenated alkanes) is 22. The van der Waals surface area contributed by atoms with E-state index in [9.17, 15) is 9.90 Å². The molecule has 0 aromatic carbocycles. The van der Waals surface area contributed by atoms with E-state index < -0.39 is 0 Å². The fourth-order valence-electron chi connectivity index (χ4n) is 4.87. The fraction of sp³-hybridized carbons (Fsp3) is 0.970. The van der Waals surface area contributed by atoms with Crippen LogP contribution in [0.4, 0.5) is 0 Å². The van der Waals surface area contributed by atoms with E-state index in [0.717, 1.165) is 24.3 Å². The van der Waals surface area contributed by atoms with Crippen LogP contribution in [-0.2, 0) is 9.53 Å². The molecular formula is C33H67NO3S. The lowest BCUT2D eigenvalue weighted by molar-refractivity contribution is -0.123. The highest BCUT2D eigenvalue weighted by atomic mass is 32.2. The summed E-state index contributed by atoms with van der Waals surface area (Å²) in [5, 5.41) is 12.4. The van der Waals surface area contributed by atoms with Crippen molar-refractivity contribution in [3.8, 4) is 0 Å². The normalized spacial score (nSPS) is 12.2. The molecule has 0 saturated heterocycles. The number of hydrogen-bond acceptors (Lipinski definition) is 4. The van der Waals surface area contributed by atoms with Crippen LogP contribution in [0.1, 0.15) is 174 Å². The minimum absolute atomic E-state index is 0.0139. The van der Waals surface area contributed by atoms with Gasteiger partial charge in [-0.3, -0.25) is 4.79 Å². The Morgan fingerprint density at radius 3 is 1.45 bits per heavy atom. The molecule has 1 atom stereocenters. The molecule has 228 valence electrons. The van der Waals surface area contributed by atoms with Gasteiger partial charge in [-0.15, -0.1) is 0 Å². The maximum absolute atomic E-state index is 12.0. The Bertz CT molecular complexity index is 464. The van der Waals surface area contributed by atoms with E-state index in [1.807, 2.05) is 11.8 Å². The SMILES string of the molecule is CCCCCCCCCCCCCCCCSCC(CO)OCNC(=O)CCCCCCCCCCCC. The summed E-state index contributed by atoms with van der Waals surface area (Å²) in [6.07, 6.45) is 32.6. The van der Waals surface area contributed by atoms with E-state index in [4.69, 9.17) is 4.74 Å². The molecule has 0 aromatic heterocycles. The van der Waals surface area contributed by atoms with Gasteiger partial charge in [-0.05, 0) is 18.6 Å². The molecule has 0 spiro atoms. The molecule has 0 saturated carbocycles. The Kier molecular flexibility index (Phi) is 32.7. The molecule has 0 fully saturated rings. The quantitative estimate of drug-likeness (QED) is 0.0638. The third-order valence-electron chi connectivity index (χ3n) is 7.50. The van der Waals surface area contributed by atoms with Crippen LogP contribution in [0.5, 0.6) is 0 Å². The first kappa shape index (κ1) is 37.7. The first-order valence-electron chi connectivity index (χ1n) is 16.8. The molecule has 0 aliphatic carbocycles. The van der Waals surface area contributed by atoms with Crippen LogP contribution >= 0.6 is 11.8 Å². The monoisotopic (exact) mass is 557 g/mol. The van der Waals surface area contributed by atoms with E-state index in [1.54, 1.807) is 0 Å². The van der Waals surface area contributed by atoms with Gasteiger partial charge in [0.15, 0.2) is 0 Å². The Hall–Kier alpha value is -0.260. The average molecular weight is 558 g/mol. The van der Waals surface area contributed by atoms with Gasteiger partial charge in [-0.1, -0.05) is 155 Å². The second-order valence-corrected chi connectivity index (χ2v) is 12.5. The van der Waals surface area contributed by atoms with E-state index in [2.05, 4.69) is 19.2 Å². The second-order valence-electron chi connectivity index (χ2n) is 11.3. The molecule has 0 heterocycles. The van der Waals surface area contributed by atoms with Crippen LogP contribution in [0, 0.1) is 0 Å². The number of aliphatic hydroxyl groups is 1. The van der Waals surface area contributed by atoms with Gasteiger partial charge >= 0.3 is 0 Å². The fourth-order valence-corrected chi connectivity index (χ4v) is 5.91. The summed E-state index contributed by atoms with van der Waals surface area (Å²) in [5.74, 6) is 1.99. The Morgan fingerprint density at radius 1 is 0.632 bits per heavy atom. The zero-order valence-electron chi connectivity index (χ0n) is 25.8. The van der Waals surface area contributed by atoms with Crippen LogP contribution in [0.3, 0.4) is 0 Å². The summed E-state index contributed by atoms with van der Waals surface area (Å²) < 4.78 is 5.68. The summed E-state index contributed by atoms with van der Waals surface area (Å²) in [5.41, 5.74) is 0. The summed E-state index contributed by atoms with van der Waals surface area (Å²) in [6, 6.07) is 0. The first-order valence-corrected chi connectivity index (χ1v) is 18.0. The highest BCUT2D eigenvalue weighted by molar-refractivity contribution is 7.99. The third-order valence-corrected chi connectivity index (χ3v) is 8.68. The molecule has 0 aromatic rings. The lowest BCUT2D eigenvalue weighted by Gasteiger charge is -2.15. The van der Waals surface area contributed by atoms with Gasteiger partial charge in [0.2, 0.25) is 5.91 Å². The third kappa shape index (κ3) is 30.3. The highest BCUT2D eigenvalue weighted by Crippen LogP contribution is 2.15. The first-order chi connectivity index (χ1) is 18.7. The molecule has 1 unspecified atom stereocenters. The Morgan fingerprint density at radius 2 is 1.03 bits per heavy atom. The minimum Gasteiger partial charge on any atom is -0.394 e. The number of rotatable bonds is 32. The molecule has 0 aliphatic rings. The smallest absolute Gasteiger partial charge is 0.221 e. The van der Waals surface area contributed by atoms with Gasteiger partial charge in [0.05, 0.1) is 12.7 Å². The molecule has 0 radical (unpaired) electrons. The lowest BCUT2D eigenvalue weighted by atomic mass is 10.0. The van der Waals surface area contributed by atoms with Gasteiger partial charge < -0.3 is 15.2 Å². The number of amides is 1. The minimum atomic E-state index is -0.190. The molecule has 0 rings (SSSR count). The molecule has 2 N–H and O–H groups in total. The van der Waals surface area contributed by atoms with Gasteiger partial charge in [0.1, 0.15) is 6.73 Å². The maximum atomic E-state index is 12.0. The van der Waals surface area contributed by atoms with Crippen molar-refractivity contribution < 1.29 is 14.6 Å². The van der Waals surface area contributed by atoms with Crippen LogP contribution in [0.25, 0.3) is 0 Å². The zero-order chi connectivity index (χ0) is 27.8. The summed E-state index contributed by atoms with van der Waals surface area (Å²) in [7, 11) is 0. The average Bonchev–Trinajstić information content (AvgIpc) is 2.92. The van der Waals surface area contributed by atoms with Crippen molar-refractivity contribution in [1.82, 2.24) is 5.32 Å². The zero-order valence-corrected chi connectivity index (χ0v) is 26.6. The molecule has 5 heteroatoms. The second kappa shape index (κ2) is 32.9. The predicted molar refractivity (Wildman–Crippen MR) is 169 cm³/mol. The van der Waals surface area contributed by atoms with Gasteiger partial charge in [0, 0.05) is 12.2 Å².